The standard InChI is InChI=1S/C44H51FN8O6S2/c1-2-36(61(46,58)59)33-4-3-5-34(38(33)45)39-40(35-12-19-47-26-48-35)60-42(50-39)28-13-22-52(23-14-28)44(57)30-17-24-53(25-18-30)43(56)29-15-20-51(21-16-29)31-8-6-27(7-9-31)32-10-11-37(54)49-41(32)55/h3-9,12,19,26,28-30,32,36H,2,10-11,13-18,20-25H2,1H3,(H2,46,58,59)(H,49,54,55). The average Bonchev–Trinajstić information content (AvgIpc) is 3.72. The summed E-state index contributed by atoms with van der Waals surface area (Å²) in [5.41, 5.74) is 3.09. The second-order valence-corrected chi connectivity index (χ2v) is 19.4. The van der Waals surface area contributed by atoms with Crippen molar-refractivity contribution < 1.29 is 32.0 Å². The van der Waals surface area contributed by atoms with Crippen LogP contribution < -0.4 is 15.4 Å². The Balaban J connectivity index is 0.843. The zero-order chi connectivity index (χ0) is 42.8. The Morgan fingerprint density at radius 2 is 1.52 bits per heavy atom. The van der Waals surface area contributed by atoms with Gasteiger partial charge in [0.15, 0.2) is 0 Å². The van der Waals surface area contributed by atoms with Crippen LogP contribution in [-0.2, 0) is 29.2 Å². The number of piperidine rings is 4. The van der Waals surface area contributed by atoms with Crippen LogP contribution in [0, 0.1) is 17.7 Å². The number of halogens is 1. The molecular weight excluding hydrogens is 820 g/mol. The van der Waals surface area contributed by atoms with Gasteiger partial charge in [0.05, 0.1) is 27.2 Å². The van der Waals surface area contributed by atoms with Gasteiger partial charge < -0.3 is 14.7 Å². The molecule has 4 aromatic rings. The van der Waals surface area contributed by atoms with Crippen LogP contribution in [0.4, 0.5) is 10.1 Å². The molecule has 3 N–H and O–H groups in total. The molecule has 4 aliphatic rings. The normalized spacial score (nSPS) is 20.4. The number of nitrogens with zero attached hydrogens (tertiary/aromatic N) is 6. The van der Waals surface area contributed by atoms with Crippen LogP contribution in [0.25, 0.3) is 21.8 Å². The molecule has 0 radical (unpaired) electrons. The molecule has 0 bridgehead atoms. The van der Waals surface area contributed by atoms with E-state index in [0.29, 0.717) is 81.0 Å². The largest absolute Gasteiger partial charge is 0.371 e. The lowest BCUT2D eigenvalue weighted by atomic mass is 9.89. The van der Waals surface area contributed by atoms with E-state index in [1.807, 2.05) is 34.1 Å². The molecule has 6 heterocycles. The molecule has 0 spiro atoms. The summed E-state index contributed by atoms with van der Waals surface area (Å²) in [6.07, 6.45) is 8.16. The van der Waals surface area contributed by atoms with Gasteiger partial charge in [-0.05, 0) is 81.2 Å². The molecule has 14 nitrogen and oxygen atoms in total. The minimum Gasteiger partial charge on any atom is -0.371 e. The summed E-state index contributed by atoms with van der Waals surface area (Å²) >= 11 is 1.43. The maximum Gasteiger partial charge on any atom is 0.234 e. The fourth-order valence-corrected chi connectivity index (χ4v) is 11.7. The van der Waals surface area contributed by atoms with Gasteiger partial charge in [-0.2, -0.15) is 0 Å². The van der Waals surface area contributed by atoms with E-state index in [1.54, 1.807) is 31.3 Å². The molecule has 2 atom stereocenters. The Kier molecular flexibility index (Phi) is 12.6. The Morgan fingerprint density at radius 1 is 0.885 bits per heavy atom. The highest BCUT2D eigenvalue weighted by molar-refractivity contribution is 7.89. The van der Waals surface area contributed by atoms with E-state index in [9.17, 15) is 27.6 Å². The minimum absolute atomic E-state index is 0.00241. The number of nitrogens with one attached hydrogen (secondary N) is 1. The van der Waals surface area contributed by atoms with Gasteiger partial charge in [-0.15, -0.1) is 11.3 Å². The number of benzene rings is 2. The highest BCUT2D eigenvalue weighted by Crippen LogP contribution is 2.43. The smallest absolute Gasteiger partial charge is 0.234 e. The van der Waals surface area contributed by atoms with Gasteiger partial charge in [0.1, 0.15) is 17.4 Å². The molecule has 2 aromatic carbocycles. The van der Waals surface area contributed by atoms with Crippen LogP contribution in [-0.4, -0.2) is 96.1 Å². The Bertz CT molecular complexity index is 2370. The average molecular weight is 871 g/mol. The summed E-state index contributed by atoms with van der Waals surface area (Å²) in [5.74, 6) is -1.32. The summed E-state index contributed by atoms with van der Waals surface area (Å²) in [7, 11) is -4.05. The zero-order valence-corrected chi connectivity index (χ0v) is 35.8. The van der Waals surface area contributed by atoms with E-state index in [1.165, 1.54) is 23.7 Å². The monoisotopic (exact) mass is 870 g/mol. The highest BCUT2D eigenvalue weighted by Gasteiger charge is 2.37. The first-order valence-electron chi connectivity index (χ1n) is 21.2. The Morgan fingerprint density at radius 3 is 2.11 bits per heavy atom. The van der Waals surface area contributed by atoms with Crippen molar-refractivity contribution in [2.75, 3.05) is 44.2 Å². The van der Waals surface area contributed by atoms with Crippen LogP contribution in [0.2, 0.25) is 0 Å². The summed E-state index contributed by atoms with van der Waals surface area (Å²) in [6.45, 7) is 5.43. The summed E-state index contributed by atoms with van der Waals surface area (Å²) in [4.78, 5) is 71.5. The first kappa shape index (κ1) is 42.6. The Labute approximate surface area is 359 Å². The maximum absolute atomic E-state index is 16.2. The molecule has 2 aromatic heterocycles. The molecule has 4 saturated heterocycles. The van der Waals surface area contributed by atoms with E-state index >= 15 is 4.39 Å². The number of anilines is 1. The topological polar surface area (TPSA) is 189 Å². The molecule has 322 valence electrons. The fraction of sp³-hybridized carbons (Fsp3) is 0.477. The number of hydrogen-bond donors (Lipinski definition) is 2. The number of sulfonamides is 1. The number of nitrogens with two attached hydrogens (primary N) is 1. The molecular formula is C44H51FN8O6S2. The number of likely N-dealkylation sites (tertiary alicyclic amines) is 2. The summed E-state index contributed by atoms with van der Waals surface area (Å²) < 4.78 is 40.9. The van der Waals surface area contributed by atoms with Gasteiger partial charge in [-0.3, -0.25) is 24.5 Å². The molecule has 4 aliphatic heterocycles. The minimum atomic E-state index is -4.05. The second kappa shape index (κ2) is 18.1. The van der Waals surface area contributed by atoms with Crippen molar-refractivity contribution in [1.29, 1.82) is 0 Å². The zero-order valence-electron chi connectivity index (χ0n) is 34.2. The van der Waals surface area contributed by atoms with E-state index in [4.69, 9.17) is 10.1 Å². The van der Waals surface area contributed by atoms with Crippen molar-refractivity contribution in [3.05, 3.63) is 83.0 Å². The Hall–Kier alpha value is -5.13. The van der Waals surface area contributed by atoms with Gasteiger partial charge in [-0.1, -0.05) is 31.2 Å². The molecule has 4 fully saturated rings. The van der Waals surface area contributed by atoms with Crippen molar-refractivity contribution in [2.45, 2.75) is 81.8 Å². The first-order valence-corrected chi connectivity index (χ1v) is 23.7. The third-order valence-electron chi connectivity index (χ3n) is 12.9. The van der Waals surface area contributed by atoms with E-state index < -0.39 is 21.1 Å². The number of primary sulfonamides is 1. The van der Waals surface area contributed by atoms with Crippen molar-refractivity contribution in [3.8, 4) is 21.8 Å². The second-order valence-electron chi connectivity index (χ2n) is 16.6. The lowest BCUT2D eigenvalue weighted by Gasteiger charge is -2.39. The van der Waals surface area contributed by atoms with Crippen molar-refractivity contribution in [2.24, 2.45) is 17.0 Å². The van der Waals surface area contributed by atoms with E-state index in [-0.39, 0.29) is 64.8 Å². The molecule has 8 rings (SSSR count). The number of hydrogen-bond acceptors (Lipinski definition) is 11. The van der Waals surface area contributed by atoms with Crippen LogP contribution in [0.15, 0.2) is 61.1 Å². The number of carbonyl (C=O) groups excluding carboxylic acids is 4. The number of aromatic nitrogens is 3. The van der Waals surface area contributed by atoms with Crippen LogP contribution in [0.5, 0.6) is 0 Å². The third-order valence-corrected chi connectivity index (χ3v) is 15.5. The summed E-state index contributed by atoms with van der Waals surface area (Å²) in [5, 5.41) is 7.53. The molecule has 0 aliphatic carbocycles. The van der Waals surface area contributed by atoms with Crippen molar-refractivity contribution >= 4 is 50.7 Å². The maximum atomic E-state index is 16.2. The lowest BCUT2D eigenvalue weighted by molar-refractivity contribution is -0.143. The molecule has 2 unspecified atom stereocenters. The number of thiazole rings is 1. The van der Waals surface area contributed by atoms with Gasteiger partial charge in [0.25, 0.3) is 0 Å². The van der Waals surface area contributed by atoms with Gasteiger partial charge in [-0.25, -0.2) is 32.9 Å². The van der Waals surface area contributed by atoms with E-state index in [2.05, 4.69) is 20.2 Å². The number of amides is 4. The molecule has 17 heteroatoms. The SMILES string of the molecule is CCC(c1cccc(-c2nc(C3CCN(C(=O)C4CCN(C(=O)C5CCN(c6ccc(C7CCC(=O)NC7=O)cc6)CC5)CC4)CC3)sc2-c2ccncn2)c1F)S(N)(=O)=O. The molecule has 0 saturated carbocycles. The quantitative estimate of drug-likeness (QED) is 0.192. The van der Waals surface area contributed by atoms with Crippen molar-refractivity contribution in [3.63, 3.8) is 0 Å². The lowest BCUT2D eigenvalue weighted by Crippen LogP contribution is -2.48. The third kappa shape index (κ3) is 9.09. The van der Waals surface area contributed by atoms with Crippen LogP contribution in [0.1, 0.15) is 97.9 Å². The van der Waals surface area contributed by atoms with Gasteiger partial charge >= 0.3 is 0 Å². The first-order chi connectivity index (χ1) is 29.4. The highest BCUT2D eigenvalue weighted by atomic mass is 32.2. The van der Waals surface area contributed by atoms with Crippen molar-refractivity contribution in [1.82, 2.24) is 30.1 Å². The molecule has 4 amide bonds. The number of imide groups is 1. The number of carbonyl (C=O) groups is 4. The number of rotatable bonds is 10. The van der Waals surface area contributed by atoms with E-state index in [0.717, 1.165) is 42.2 Å². The van der Waals surface area contributed by atoms with Crippen LogP contribution in [0.3, 0.4) is 0 Å². The predicted octanol–water partition coefficient (Wildman–Crippen LogP) is 5.53. The fourth-order valence-electron chi connectivity index (χ4n) is 9.43. The molecule has 61 heavy (non-hydrogen) atoms. The predicted molar refractivity (Wildman–Crippen MR) is 229 cm³/mol. The van der Waals surface area contributed by atoms with Gasteiger partial charge in [0, 0.05) is 86.5 Å². The van der Waals surface area contributed by atoms with Crippen LogP contribution >= 0.6 is 11.3 Å². The van der Waals surface area contributed by atoms with Gasteiger partial charge in [0.2, 0.25) is 33.7 Å². The summed E-state index contributed by atoms with van der Waals surface area (Å²) in [6, 6.07) is 14.4.